The molecule has 2 N–H and O–H groups in total. The minimum Gasteiger partial charge on any atom is -0.380 e. The molecule has 0 saturated carbocycles. The molecule has 0 bridgehead atoms. The minimum atomic E-state index is -0.286. The number of amides is 1. The molecule has 0 fully saturated rings. The van der Waals surface area contributed by atoms with Crippen LogP contribution < -0.4 is 5.32 Å². The van der Waals surface area contributed by atoms with Gasteiger partial charge in [-0.2, -0.15) is 0 Å². The zero-order valence-electron chi connectivity index (χ0n) is 9.20. The molecule has 84 valence electrons. The monoisotopic (exact) mass is 212 g/mol. The van der Waals surface area contributed by atoms with Gasteiger partial charge in [0.2, 0.25) is 5.82 Å². The highest BCUT2D eigenvalue weighted by Gasteiger charge is 2.13. The maximum absolute atomic E-state index is 11.5. The molecule has 0 aliphatic rings. The topological polar surface area (TPSA) is 79.9 Å². The third kappa shape index (κ3) is 3.67. The molecule has 0 spiro atoms. The van der Waals surface area contributed by atoms with Gasteiger partial charge in [-0.3, -0.25) is 9.89 Å². The second-order valence-electron chi connectivity index (χ2n) is 3.28. The maximum Gasteiger partial charge on any atom is 0.291 e. The zero-order chi connectivity index (χ0) is 11.3. The number of H-pyrrole nitrogens is 1. The van der Waals surface area contributed by atoms with Crippen molar-refractivity contribution in [2.24, 2.45) is 0 Å². The molecule has 0 aromatic carbocycles. The van der Waals surface area contributed by atoms with E-state index < -0.39 is 0 Å². The molecule has 1 aromatic rings. The van der Waals surface area contributed by atoms with Crippen molar-refractivity contribution < 1.29 is 9.53 Å². The first-order valence-corrected chi connectivity index (χ1v) is 4.91. The lowest BCUT2D eigenvalue weighted by molar-refractivity contribution is 0.0862. The van der Waals surface area contributed by atoms with E-state index in [1.807, 2.05) is 13.8 Å². The van der Waals surface area contributed by atoms with Crippen LogP contribution >= 0.6 is 0 Å². The Balaban J connectivity index is 2.42. The molecule has 1 heterocycles. The van der Waals surface area contributed by atoms with E-state index in [1.165, 1.54) is 0 Å². The fourth-order valence-electron chi connectivity index (χ4n) is 1.07. The van der Waals surface area contributed by atoms with Crippen LogP contribution in [0.15, 0.2) is 0 Å². The smallest absolute Gasteiger partial charge is 0.291 e. The van der Waals surface area contributed by atoms with Crippen LogP contribution in [0.5, 0.6) is 0 Å². The summed E-state index contributed by atoms with van der Waals surface area (Å²) in [6, 6.07) is -0.0451. The third-order valence-corrected chi connectivity index (χ3v) is 1.75. The summed E-state index contributed by atoms with van der Waals surface area (Å²) in [4.78, 5) is 15.4. The molecule has 6 heteroatoms. The molecule has 6 nitrogen and oxygen atoms in total. The number of nitrogens with zero attached hydrogens (tertiary/aromatic N) is 2. The average Bonchev–Trinajstić information content (AvgIpc) is 2.61. The van der Waals surface area contributed by atoms with E-state index in [1.54, 1.807) is 6.92 Å². The lowest BCUT2D eigenvalue weighted by Crippen LogP contribution is -2.36. The Morgan fingerprint density at radius 3 is 2.93 bits per heavy atom. The summed E-state index contributed by atoms with van der Waals surface area (Å²) in [6.45, 7) is 6.65. The van der Waals surface area contributed by atoms with Gasteiger partial charge < -0.3 is 10.1 Å². The summed E-state index contributed by atoms with van der Waals surface area (Å²) in [6.07, 6.45) is 0. The zero-order valence-corrected chi connectivity index (χ0v) is 9.20. The summed E-state index contributed by atoms with van der Waals surface area (Å²) in [5.41, 5.74) is 0. The molecular formula is C9H16N4O2. The van der Waals surface area contributed by atoms with Crippen molar-refractivity contribution in [2.45, 2.75) is 26.8 Å². The van der Waals surface area contributed by atoms with Crippen LogP contribution in [0.2, 0.25) is 0 Å². The average molecular weight is 212 g/mol. The van der Waals surface area contributed by atoms with E-state index in [4.69, 9.17) is 4.74 Å². The first-order chi connectivity index (χ1) is 7.13. The highest BCUT2D eigenvalue weighted by molar-refractivity contribution is 5.90. The quantitative estimate of drug-likeness (QED) is 0.734. The number of hydrogen-bond donors (Lipinski definition) is 2. The van der Waals surface area contributed by atoms with Crippen LogP contribution in [0.25, 0.3) is 0 Å². The summed E-state index contributed by atoms with van der Waals surface area (Å²) < 4.78 is 5.17. The number of aromatic amines is 1. The van der Waals surface area contributed by atoms with Crippen LogP contribution in [0, 0.1) is 6.92 Å². The van der Waals surface area contributed by atoms with Gasteiger partial charge in [0.15, 0.2) is 0 Å². The predicted octanol–water partition coefficient (Wildman–Crippen LogP) is 0.268. The SMILES string of the molecule is CCOCC(C)NC(=O)c1n[nH]c(C)n1. The van der Waals surface area contributed by atoms with Crippen molar-refractivity contribution in [1.82, 2.24) is 20.5 Å². The van der Waals surface area contributed by atoms with E-state index in [-0.39, 0.29) is 17.8 Å². The molecule has 0 saturated heterocycles. The van der Waals surface area contributed by atoms with Gasteiger partial charge >= 0.3 is 0 Å². The fourth-order valence-corrected chi connectivity index (χ4v) is 1.07. The van der Waals surface area contributed by atoms with E-state index >= 15 is 0 Å². The number of ether oxygens (including phenoxy) is 1. The van der Waals surface area contributed by atoms with Crippen LogP contribution in [0.1, 0.15) is 30.3 Å². The molecule has 0 aliphatic heterocycles. The summed E-state index contributed by atoms with van der Waals surface area (Å²) in [7, 11) is 0. The van der Waals surface area contributed by atoms with Crippen LogP contribution in [-0.4, -0.2) is 40.3 Å². The minimum absolute atomic E-state index is 0.0451. The predicted molar refractivity (Wildman–Crippen MR) is 54.5 cm³/mol. The van der Waals surface area contributed by atoms with Crippen LogP contribution in [-0.2, 0) is 4.74 Å². The molecule has 1 rings (SSSR count). The Bertz CT molecular complexity index is 324. The normalized spacial score (nSPS) is 12.5. The second kappa shape index (κ2) is 5.45. The maximum atomic E-state index is 11.5. The molecule has 15 heavy (non-hydrogen) atoms. The lowest BCUT2D eigenvalue weighted by Gasteiger charge is -2.11. The van der Waals surface area contributed by atoms with E-state index in [0.29, 0.717) is 19.0 Å². The standard InChI is InChI=1S/C9H16N4O2/c1-4-15-5-6(2)10-9(14)8-11-7(3)12-13-8/h6H,4-5H2,1-3H3,(H,10,14)(H,11,12,13). The molecule has 1 atom stereocenters. The summed E-state index contributed by atoms with van der Waals surface area (Å²) >= 11 is 0. The first kappa shape index (κ1) is 11.6. The van der Waals surface area contributed by atoms with Gasteiger partial charge in [-0.25, -0.2) is 4.98 Å². The Morgan fingerprint density at radius 1 is 1.67 bits per heavy atom. The first-order valence-electron chi connectivity index (χ1n) is 4.91. The van der Waals surface area contributed by atoms with Gasteiger partial charge in [-0.05, 0) is 20.8 Å². The number of carbonyl (C=O) groups is 1. The molecule has 0 radical (unpaired) electrons. The summed E-state index contributed by atoms with van der Waals surface area (Å²) in [5.74, 6) is 0.500. The van der Waals surface area contributed by atoms with Crippen LogP contribution in [0.4, 0.5) is 0 Å². The number of nitrogens with one attached hydrogen (secondary N) is 2. The molecular weight excluding hydrogens is 196 g/mol. The molecule has 0 aliphatic carbocycles. The number of rotatable bonds is 5. The fraction of sp³-hybridized carbons (Fsp3) is 0.667. The molecule has 1 amide bonds. The largest absolute Gasteiger partial charge is 0.380 e. The number of hydrogen-bond acceptors (Lipinski definition) is 4. The van der Waals surface area contributed by atoms with Gasteiger partial charge in [0.1, 0.15) is 5.82 Å². The third-order valence-electron chi connectivity index (χ3n) is 1.75. The Labute approximate surface area is 88.4 Å². The molecule has 1 aromatic heterocycles. The van der Waals surface area contributed by atoms with E-state index in [2.05, 4.69) is 20.5 Å². The van der Waals surface area contributed by atoms with Crippen LogP contribution in [0.3, 0.4) is 0 Å². The van der Waals surface area contributed by atoms with Gasteiger partial charge in [0.25, 0.3) is 5.91 Å². The van der Waals surface area contributed by atoms with Crippen molar-refractivity contribution in [3.05, 3.63) is 11.6 Å². The van der Waals surface area contributed by atoms with Gasteiger partial charge in [-0.1, -0.05) is 0 Å². The number of carbonyl (C=O) groups excluding carboxylic acids is 1. The lowest BCUT2D eigenvalue weighted by atomic mass is 10.3. The Morgan fingerprint density at radius 2 is 2.40 bits per heavy atom. The Kier molecular flexibility index (Phi) is 4.23. The van der Waals surface area contributed by atoms with Crippen molar-refractivity contribution in [3.8, 4) is 0 Å². The van der Waals surface area contributed by atoms with Crippen molar-refractivity contribution in [2.75, 3.05) is 13.2 Å². The molecule has 1 unspecified atom stereocenters. The highest BCUT2D eigenvalue weighted by Crippen LogP contribution is 1.92. The van der Waals surface area contributed by atoms with E-state index in [9.17, 15) is 4.79 Å². The Hall–Kier alpha value is -1.43. The van der Waals surface area contributed by atoms with Gasteiger partial charge in [0, 0.05) is 12.6 Å². The van der Waals surface area contributed by atoms with Crippen molar-refractivity contribution in [1.29, 1.82) is 0 Å². The van der Waals surface area contributed by atoms with E-state index in [0.717, 1.165) is 0 Å². The highest BCUT2D eigenvalue weighted by atomic mass is 16.5. The number of aryl methyl sites for hydroxylation is 1. The second-order valence-corrected chi connectivity index (χ2v) is 3.28. The van der Waals surface area contributed by atoms with Crippen molar-refractivity contribution in [3.63, 3.8) is 0 Å². The summed E-state index contributed by atoms with van der Waals surface area (Å²) in [5, 5.41) is 9.11. The van der Waals surface area contributed by atoms with Gasteiger partial charge in [0.05, 0.1) is 6.61 Å². The van der Waals surface area contributed by atoms with Crippen molar-refractivity contribution >= 4 is 5.91 Å². The van der Waals surface area contributed by atoms with Gasteiger partial charge in [-0.15, -0.1) is 5.10 Å². The number of aromatic nitrogens is 3.